The van der Waals surface area contributed by atoms with Crippen molar-refractivity contribution < 1.29 is 9.53 Å². The van der Waals surface area contributed by atoms with Gasteiger partial charge in [-0.25, -0.2) is 0 Å². The summed E-state index contributed by atoms with van der Waals surface area (Å²) in [4.78, 5) is 27.4. The van der Waals surface area contributed by atoms with E-state index in [0.717, 1.165) is 24.2 Å². The topological polar surface area (TPSA) is 51.5 Å². The van der Waals surface area contributed by atoms with Crippen LogP contribution in [0.25, 0.3) is 12.2 Å². The summed E-state index contributed by atoms with van der Waals surface area (Å²) < 4.78 is 6.95. The number of likely N-dealkylation sites (tertiary alicyclic amines) is 1. The minimum Gasteiger partial charge on any atom is -0.384 e. The van der Waals surface area contributed by atoms with Crippen LogP contribution >= 0.6 is 11.6 Å². The standard InChI is InChI=1S/C23H25ClN2O3/c1-29-11-10-22(27)25-13-17-12-19(15-25)21-9-6-18(23(28)26(21)14-17)5-2-16-3-7-20(24)8-4-16/h2-9,17,19H,10-15H2,1H3. The van der Waals surface area contributed by atoms with Gasteiger partial charge < -0.3 is 14.2 Å². The first-order valence-electron chi connectivity index (χ1n) is 9.99. The molecule has 2 atom stereocenters. The first-order valence-corrected chi connectivity index (χ1v) is 10.4. The number of aromatic nitrogens is 1. The second kappa shape index (κ2) is 8.56. The van der Waals surface area contributed by atoms with E-state index in [-0.39, 0.29) is 17.4 Å². The van der Waals surface area contributed by atoms with E-state index in [1.54, 1.807) is 7.11 Å². The molecule has 1 amide bonds. The van der Waals surface area contributed by atoms with Crippen molar-refractivity contribution >= 4 is 29.7 Å². The fourth-order valence-corrected chi connectivity index (χ4v) is 4.53. The van der Waals surface area contributed by atoms with E-state index in [1.165, 1.54) is 0 Å². The van der Waals surface area contributed by atoms with Gasteiger partial charge in [0.15, 0.2) is 0 Å². The average molecular weight is 413 g/mol. The summed E-state index contributed by atoms with van der Waals surface area (Å²) in [5, 5.41) is 0.692. The third-order valence-corrected chi connectivity index (χ3v) is 6.08. The van der Waals surface area contributed by atoms with Crippen molar-refractivity contribution in [2.75, 3.05) is 26.8 Å². The lowest BCUT2D eigenvalue weighted by molar-refractivity contribution is -0.134. The van der Waals surface area contributed by atoms with Crippen LogP contribution < -0.4 is 5.56 Å². The summed E-state index contributed by atoms with van der Waals surface area (Å²) in [6.07, 6.45) is 5.24. The molecule has 5 nitrogen and oxygen atoms in total. The molecular weight excluding hydrogens is 388 g/mol. The molecule has 29 heavy (non-hydrogen) atoms. The highest BCUT2D eigenvalue weighted by Crippen LogP contribution is 2.35. The number of methoxy groups -OCH3 is 1. The Bertz CT molecular complexity index is 981. The molecule has 152 valence electrons. The third-order valence-electron chi connectivity index (χ3n) is 5.83. The highest BCUT2D eigenvalue weighted by atomic mass is 35.5. The Hall–Kier alpha value is -2.37. The third kappa shape index (κ3) is 4.31. The number of hydrogen-bond acceptors (Lipinski definition) is 3. The molecule has 0 aliphatic carbocycles. The van der Waals surface area contributed by atoms with Crippen molar-refractivity contribution in [2.24, 2.45) is 5.92 Å². The van der Waals surface area contributed by atoms with Gasteiger partial charge in [-0.2, -0.15) is 0 Å². The lowest BCUT2D eigenvalue weighted by Crippen LogP contribution is -2.49. The van der Waals surface area contributed by atoms with Crippen LogP contribution in [-0.4, -0.2) is 42.2 Å². The molecule has 2 unspecified atom stereocenters. The minimum absolute atomic E-state index is 0.0431. The maximum Gasteiger partial charge on any atom is 0.258 e. The molecule has 0 spiro atoms. The number of benzene rings is 1. The predicted octanol–water partition coefficient (Wildman–Crippen LogP) is 3.65. The summed E-state index contributed by atoms with van der Waals surface area (Å²) in [6, 6.07) is 11.5. The Morgan fingerprint density at radius 3 is 2.69 bits per heavy atom. The van der Waals surface area contributed by atoms with Crippen LogP contribution in [0.15, 0.2) is 41.2 Å². The molecule has 1 aromatic heterocycles. The van der Waals surface area contributed by atoms with Crippen molar-refractivity contribution in [1.82, 2.24) is 9.47 Å². The van der Waals surface area contributed by atoms with Crippen LogP contribution in [0.2, 0.25) is 5.02 Å². The van der Waals surface area contributed by atoms with E-state index in [4.69, 9.17) is 16.3 Å². The normalized spacial score (nSPS) is 20.7. The highest BCUT2D eigenvalue weighted by molar-refractivity contribution is 6.30. The Kier molecular flexibility index (Phi) is 5.88. The van der Waals surface area contributed by atoms with Crippen molar-refractivity contribution in [1.29, 1.82) is 0 Å². The van der Waals surface area contributed by atoms with Crippen LogP contribution in [0.1, 0.15) is 35.6 Å². The number of rotatable bonds is 5. The number of halogens is 1. The van der Waals surface area contributed by atoms with Gasteiger partial charge >= 0.3 is 0 Å². The number of carbonyl (C=O) groups is 1. The number of piperidine rings is 1. The molecule has 0 saturated carbocycles. The first kappa shape index (κ1) is 19.9. The minimum atomic E-state index is 0.0431. The second-order valence-electron chi connectivity index (χ2n) is 7.85. The first-order chi connectivity index (χ1) is 14.0. The lowest BCUT2D eigenvalue weighted by atomic mass is 9.83. The number of nitrogens with zero attached hydrogens (tertiary/aromatic N) is 2. The smallest absolute Gasteiger partial charge is 0.258 e. The molecule has 1 saturated heterocycles. The van der Waals surface area contributed by atoms with Gasteiger partial charge in [0.05, 0.1) is 13.0 Å². The summed E-state index contributed by atoms with van der Waals surface area (Å²) in [5.74, 6) is 0.678. The molecule has 0 N–H and O–H groups in total. The number of carbonyl (C=O) groups excluding carboxylic acids is 1. The zero-order valence-corrected chi connectivity index (χ0v) is 17.3. The van der Waals surface area contributed by atoms with E-state index in [1.807, 2.05) is 58.0 Å². The molecule has 4 rings (SSSR count). The molecule has 2 aliphatic rings. The quantitative estimate of drug-likeness (QED) is 0.753. The largest absolute Gasteiger partial charge is 0.384 e. The predicted molar refractivity (Wildman–Crippen MR) is 115 cm³/mol. The Balaban J connectivity index is 1.55. The molecule has 2 aliphatic heterocycles. The molecule has 6 heteroatoms. The van der Waals surface area contributed by atoms with Gasteiger partial charge in [-0.3, -0.25) is 9.59 Å². The Labute approximate surface area is 175 Å². The van der Waals surface area contributed by atoms with Crippen LogP contribution in [-0.2, 0) is 16.1 Å². The van der Waals surface area contributed by atoms with Gasteiger partial charge in [-0.05, 0) is 48.2 Å². The molecular formula is C23H25ClN2O3. The fraction of sp³-hybridized carbons (Fsp3) is 0.391. The average Bonchev–Trinajstić information content (AvgIpc) is 2.73. The number of hydrogen-bond donors (Lipinski definition) is 0. The summed E-state index contributed by atoms with van der Waals surface area (Å²) >= 11 is 5.93. The molecule has 2 bridgehead atoms. The van der Waals surface area contributed by atoms with Crippen molar-refractivity contribution in [2.45, 2.75) is 25.3 Å². The van der Waals surface area contributed by atoms with Crippen LogP contribution in [0.4, 0.5) is 0 Å². The molecule has 1 aromatic carbocycles. The van der Waals surface area contributed by atoms with E-state index in [0.29, 0.717) is 42.6 Å². The van der Waals surface area contributed by atoms with E-state index >= 15 is 0 Å². The lowest BCUT2D eigenvalue weighted by Gasteiger charge is -2.43. The van der Waals surface area contributed by atoms with Gasteiger partial charge in [-0.15, -0.1) is 0 Å². The fourth-order valence-electron chi connectivity index (χ4n) is 4.40. The summed E-state index contributed by atoms with van der Waals surface area (Å²) in [5.41, 5.74) is 2.76. The van der Waals surface area contributed by atoms with Crippen LogP contribution in [0, 0.1) is 5.92 Å². The summed E-state index contributed by atoms with van der Waals surface area (Å²) in [6.45, 7) is 2.51. The second-order valence-corrected chi connectivity index (χ2v) is 8.29. The van der Waals surface area contributed by atoms with Gasteiger partial charge in [0.2, 0.25) is 5.91 Å². The Morgan fingerprint density at radius 2 is 1.93 bits per heavy atom. The molecule has 1 fully saturated rings. The van der Waals surface area contributed by atoms with Gasteiger partial charge in [0.1, 0.15) is 0 Å². The maximum atomic E-state index is 13.1. The van der Waals surface area contributed by atoms with Crippen molar-refractivity contribution in [3.63, 3.8) is 0 Å². The number of fused-ring (bicyclic) bond motifs is 4. The van der Waals surface area contributed by atoms with Crippen molar-refractivity contribution in [3.8, 4) is 0 Å². The van der Waals surface area contributed by atoms with Crippen LogP contribution in [0.5, 0.6) is 0 Å². The monoisotopic (exact) mass is 412 g/mol. The number of pyridine rings is 1. The van der Waals surface area contributed by atoms with Gasteiger partial charge in [-0.1, -0.05) is 29.8 Å². The zero-order valence-electron chi connectivity index (χ0n) is 16.5. The molecule has 3 heterocycles. The SMILES string of the molecule is COCCC(=O)N1CC2CC(C1)c1ccc(C=Cc3ccc(Cl)cc3)c(=O)n1C2. The maximum absolute atomic E-state index is 13.1. The number of ether oxygens (including phenoxy) is 1. The molecule has 2 aromatic rings. The zero-order chi connectivity index (χ0) is 20.4. The Morgan fingerprint density at radius 1 is 1.14 bits per heavy atom. The van der Waals surface area contributed by atoms with E-state index in [9.17, 15) is 9.59 Å². The van der Waals surface area contributed by atoms with Gasteiger partial charge in [0.25, 0.3) is 5.56 Å². The highest BCUT2D eigenvalue weighted by Gasteiger charge is 2.36. The molecule has 0 radical (unpaired) electrons. The van der Waals surface area contributed by atoms with Gasteiger partial charge in [0, 0.05) is 48.9 Å². The van der Waals surface area contributed by atoms with Crippen molar-refractivity contribution in [3.05, 3.63) is 68.6 Å². The van der Waals surface area contributed by atoms with E-state index < -0.39 is 0 Å². The number of amides is 1. The van der Waals surface area contributed by atoms with E-state index in [2.05, 4.69) is 0 Å². The summed E-state index contributed by atoms with van der Waals surface area (Å²) in [7, 11) is 1.61. The van der Waals surface area contributed by atoms with Crippen LogP contribution in [0.3, 0.4) is 0 Å².